The summed E-state index contributed by atoms with van der Waals surface area (Å²) in [7, 11) is 0. The van der Waals surface area contributed by atoms with Gasteiger partial charge in [0.2, 0.25) is 0 Å². The van der Waals surface area contributed by atoms with Crippen molar-refractivity contribution in [3.8, 4) is 0 Å². The number of hydrogen-bond acceptors (Lipinski definition) is 9. The number of anilines is 10. The van der Waals surface area contributed by atoms with E-state index in [1.807, 2.05) is 84.9 Å². The number of unbranched alkanes of at least 4 members (excludes halogenated alkanes) is 4. The molecule has 1 aromatic heterocycles. The summed E-state index contributed by atoms with van der Waals surface area (Å²) in [5.41, 5.74) is 16.9. The van der Waals surface area contributed by atoms with Gasteiger partial charge in [-0.2, -0.15) is 36.4 Å². The summed E-state index contributed by atoms with van der Waals surface area (Å²) in [6, 6.07) is 83.8. The molecular formula is C76H79Br2LiN6O3. The second kappa shape index (κ2) is 37.6. The monoisotopic (exact) mass is 1290 g/mol. The Labute approximate surface area is 551 Å². The van der Waals surface area contributed by atoms with Crippen molar-refractivity contribution in [2.24, 2.45) is 0 Å². The fraction of sp³-hybridized carbons (Fsp3) is 0.211. The van der Waals surface area contributed by atoms with E-state index in [0.717, 1.165) is 70.4 Å². The van der Waals surface area contributed by atoms with Crippen LogP contribution in [0.3, 0.4) is 0 Å². The molecule has 88 heavy (non-hydrogen) atoms. The van der Waals surface area contributed by atoms with Crippen molar-refractivity contribution >= 4 is 123 Å². The number of allylic oxidation sites excluding steroid dienone is 1. The van der Waals surface area contributed by atoms with E-state index in [4.69, 9.17) is 4.74 Å². The smallest absolute Gasteiger partial charge is 0.462 e. The summed E-state index contributed by atoms with van der Waals surface area (Å²) in [5.74, 6) is -0.253. The van der Waals surface area contributed by atoms with Crippen LogP contribution >= 0.6 is 31.9 Å². The molecule has 0 atom stereocenters. The number of Topliss-reactive ketones (excluding diaryl/α,β-unsaturated/α-hetero) is 1. The third-order valence-corrected chi connectivity index (χ3v) is 15.1. The third-order valence-electron chi connectivity index (χ3n) is 14.0. The number of nitrogens with zero attached hydrogens (tertiary/aromatic N) is 6. The molecule has 0 unspecified atom stereocenters. The third kappa shape index (κ3) is 20.0. The molecule has 0 aliphatic carbocycles. The second-order valence-corrected chi connectivity index (χ2v) is 22.2. The Hall–Kier alpha value is -8.04. The van der Waals surface area contributed by atoms with E-state index in [9.17, 15) is 9.59 Å². The van der Waals surface area contributed by atoms with Gasteiger partial charge in [-0.05, 0) is 156 Å². The number of hydrogen-bond donors (Lipinski definition) is 0. The van der Waals surface area contributed by atoms with Crippen molar-refractivity contribution in [2.75, 3.05) is 50.0 Å². The number of benzene rings is 9. The van der Waals surface area contributed by atoms with Crippen LogP contribution in [-0.2, 0) is 14.3 Å². The van der Waals surface area contributed by atoms with Crippen LogP contribution in [0.2, 0.25) is 0 Å². The minimum atomic E-state index is -0.317. The molecule has 3 heterocycles. The number of carbonyl (C=O) groups excluding carboxylic acids is 2. The first-order valence-electron chi connectivity index (χ1n) is 29.8. The van der Waals surface area contributed by atoms with Gasteiger partial charge in [0.1, 0.15) is 0 Å². The van der Waals surface area contributed by atoms with E-state index < -0.39 is 0 Å². The molecule has 12 rings (SSSR count). The Bertz CT molecular complexity index is 3500. The van der Waals surface area contributed by atoms with Gasteiger partial charge in [-0.25, -0.2) is 14.8 Å². The predicted octanol–water partition coefficient (Wildman–Crippen LogP) is 18.3. The molecule has 0 saturated carbocycles. The van der Waals surface area contributed by atoms with Crippen LogP contribution in [0.5, 0.6) is 0 Å². The van der Waals surface area contributed by atoms with Gasteiger partial charge >= 0.3 is 24.8 Å². The first kappa shape index (κ1) is 69.1. The molecule has 9 aromatic carbocycles. The number of halogens is 2. The molecule has 0 radical (unpaired) electrons. The molecule has 2 aliphatic heterocycles. The van der Waals surface area contributed by atoms with Crippen LogP contribution in [0.25, 0.3) is 22.1 Å². The molecule has 0 saturated heterocycles. The topological polar surface area (TPSA) is 82.1 Å². The zero-order valence-electron chi connectivity index (χ0n) is 51.6. The number of aromatic nitrogens is 2. The molecule has 446 valence electrons. The molecule has 0 amide bonds. The first-order valence-corrected chi connectivity index (χ1v) is 32.1. The van der Waals surface area contributed by atoms with Crippen LogP contribution in [0.4, 0.5) is 56.9 Å². The average molecular weight is 1290 g/mol. The van der Waals surface area contributed by atoms with Crippen LogP contribution in [0, 0.1) is 6.07 Å². The van der Waals surface area contributed by atoms with Gasteiger partial charge in [-0.3, -0.25) is 4.79 Å². The molecule has 12 heteroatoms. The first-order chi connectivity index (χ1) is 42.6. The van der Waals surface area contributed by atoms with Crippen molar-refractivity contribution < 1.29 is 33.2 Å². The number of ether oxygens (including phenoxy) is 1. The Morgan fingerprint density at radius 2 is 0.727 bits per heavy atom. The SMILES string of the molecule is BrCCCCN1c2ccccc2N(c2ccccc2)c2ccccc21.C=C(C)C(=O)OCCCCN1c2ccccc2N(c2ccccc2)c2ccccc21.C=C(C)C(C)=O.CCCCCBr.[Li+].[c-]1ccccc1.c1ccc2nc3ccccc3nc2c1. The zero-order valence-corrected chi connectivity index (χ0v) is 54.8. The minimum Gasteiger partial charge on any atom is -0.462 e. The van der Waals surface area contributed by atoms with E-state index in [-0.39, 0.29) is 30.6 Å². The largest absolute Gasteiger partial charge is 1.00 e. The Morgan fingerprint density at radius 1 is 0.420 bits per heavy atom. The number of esters is 1. The van der Waals surface area contributed by atoms with Crippen LogP contribution in [0.1, 0.15) is 72.6 Å². The standard InChI is InChI=1S/C26H26N2O2.C22H21BrN2.C12H8N2.C6H5.C5H11Br.C5H8O.Li/c1-20(2)26(29)30-19-11-10-18-27-22-14-6-8-16-24(22)28(21-12-4-3-5-13-21)25-17-9-7-15-23(25)27;23-16-8-9-17-24-19-12-4-6-14-21(19)25(18-10-2-1-3-11-18)22-15-7-5-13-20(22)24;1-2-6-10-9(5-1)13-11-7-3-4-8-12(11)14-10;1-2-4-6-5-3-1;1-2-3-4-5-6;1-4(2)5(3)6;/h3-9,12-17H,1,10-11,18-19H2,2H3;1-7,10-15H,8-9,16-17H2;1-8H;1-5H;2-5H2,1H3;1H2,2-3H3;/q;;;-1;;;+1. The van der Waals surface area contributed by atoms with Crippen molar-refractivity contribution in [2.45, 2.75) is 72.6 Å². The van der Waals surface area contributed by atoms with Gasteiger partial charge in [-0.15, -0.1) is 0 Å². The summed E-state index contributed by atoms with van der Waals surface area (Å²) in [5, 5.41) is 2.22. The van der Waals surface area contributed by atoms with E-state index in [0.29, 0.717) is 17.8 Å². The molecule has 9 nitrogen and oxygen atoms in total. The van der Waals surface area contributed by atoms with Gasteiger partial charge in [-0.1, -0.05) is 174 Å². The molecule has 0 spiro atoms. The number of para-hydroxylation sites is 14. The predicted molar refractivity (Wildman–Crippen MR) is 375 cm³/mol. The summed E-state index contributed by atoms with van der Waals surface area (Å²) in [6.07, 6.45) is 8.09. The van der Waals surface area contributed by atoms with E-state index in [1.165, 1.54) is 84.2 Å². The van der Waals surface area contributed by atoms with Crippen molar-refractivity contribution in [3.63, 3.8) is 0 Å². The fourth-order valence-electron chi connectivity index (χ4n) is 9.51. The number of fused-ring (bicyclic) bond motifs is 6. The van der Waals surface area contributed by atoms with Crippen molar-refractivity contribution in [3.05, 3.63) is 267 Å². The van der Waals surface area contributed by atoms with Gasteiger partial charge in [0.25, 0.3) is 0 Å². The summed E-state index contributed by atoms with van der Waals surface area (Å²) >= 11 is 6.90. The zero-order chi connectivity index (χ0) is 61.6. The molecular weight excluding hydrogens is 1210 g/mol. The van der Waals surface area contributed by atoms with Crippen LogP contribution < -0.4 is 38.5 Å². The second-order valence-electron chi connectivity index (χ2n) is 20.6. The average Bonchev–Trinajstić information content (AvgIpc) is 1.66. The van der Waals surface area contributed by atoms with Gasteiger partial charge in [0.05, 0.1) is 74.2 Å². The number of carbonyl (C=O) groups is 2. The molecule has 2 aliphatic rings. The van der Waals surface area contributed by atoms with E-state index in [1.54, 1.807) is 13.8 Å². The van der Waals surface area contributed by atoms with Gasteiger partial charge in [0, 0.05) is 40.7 Å². The van der Waals surface area contributed by atoms with Crippen molar-refractivity contribution in [1.29, 1.82) is 0 Å². The van der Waals surface area contributed by atoms with Crippen LogP contribution in [-0.4, -0.2) is 52.1 Å². The molecule has 0 bridgehead atoms. The Balaban J connectivity index is 0.000000189. The molecule has 10 aromatic rings. The summed E-state index contributed by atoms with van der Waals surface area (Å²) in [6.45, 7) is 16.4. The quantitative estimate of drug-likeness (QED) is 0.0179. The van der Waals surface area contributed by atoms with Crippen LogP contribution in [0.15, 0.2) is 261 Å². The van der Waals surface area contributed by atoms with Gasteiger partial charge in [0.15, 0.2) is 5.78 Å². The fourth-order valence-corrected chi connectivity index (χ4v) is 10.3. The number of alkyl halides is 2. The number of ketones is 1. The van der Waals surface area contributed by atoms with Crippen molar-refractivity contribution in [1.82, 2.24) is 9.97 Å². The van der Waals surface area contributed by atoms with E-state index >= 15 is 0 Å². The minimum absolute atomic E-state index is 0. The maximum atomic E-state index is 11.6. The Morgan fingerprint density at radius 3 is 1.01 bits per heavy atom. The van der Waals surface area contributed by atoms with E-state index in [2.05, 4.69) is 239 Å². The maximum Gasteiger partial charge on any atom is 1.00 e. The van der Waals surface area contributed by atoms with Gasteiger partial charge < -0.3 is 24.3 Å². The summed E-state index contributed by atoms with van der Waals surface area (Å²) < 4.78 is 5.24. The maximum absolute atomic E-state index is 11.6. The molecule has 0 N–H and O–H groups in total. The normalized spacial score (nSPS) is 11.2. The molecule has 0 fully saturated rings. The number of rotatable bonds is 16. The summed E-state index contributed by atoms with van der Waals surface area (Å²) in [4.78, 5) is 40.2. The Kier molecular flexibility index (Phi) is 29.5.